The number of benzene rings is 3. The third-order valence-corrected chi connectivity index (χ3v) is 6.81. The van der Waals surface area contributed by atoms with E-state index >= 15 is 0 Å². The lowest BCUT2D eigenvalue weighted by Gasteiger charge is -2.22. The highest BCUT2D eigenvalue weighted by molar-refractivity contribution is 6.03. The number of carbonyl (C=O) groups excluding carboxylic acids is 1. The monoisotopic (exact) mass is 463 g/mol. The second-order valence-corrected chi connectivity index (χ2v) is 9.05. The number of rotatable bonds is 6. The third kappa shape index (κ3) is 4.67. The minimum Gasteiger partial charge on any atom is -0.345 e. The van der Waals surface area contributed by atoms with E-state index in [0.717, 1.165) is 36.0 Å². The molecule has 2 N–H and O–H groups in total. The van der Waals surface area contributed by atoms with Crippen molar-refractivity contribution in [3.63, 3.8) is 0 Å². The number of fused-ring (bicyclic) bond motifs is 1. The van der Waals surface area contributed by atoms with Crippen LogP contribution in [0.4, 0.5) is 0 Å². The van der Waals surface area contributed by atoms with Crippen molar-refractivity contribution in [3.8, 4) is 22.4 Å². The Labute approximate surface area is 205 Å². The summed E-state index contributed by atoms with van der Waals surface area (Å²) in [6.45, 7) is 2.05. The lowest BCUT2D eigenvalue weighted by atomic mass is 9.88. The van der Waals surface area contributed by atoms with E-state index in [1.54, 1.807) is 0 Å². The second-order valence-electron chi connectivity index (χ2n) is 9.05. The maximum atomic E-state index is 13.7. The van der Waals surface area contributed by atoms with Crippen LogP contribution < -0.4 is 10.9 Å². The van der Waals surface area contributed by atoms with E-state index in [9.17, 15) is 9.59 Å². The molecular weight excluding hydrogens is 434 g/mol. The van der Waals surface area contributed by atoms with Gasteiger partial charge >= 0.3 is 0 Å². The van der Waals surface area contributed by atoms with Gasteiger partial charge in [0.1, 0.15) is 5.56 Å². The number of H-pyrrole nitrogens is 1. The number of carbonyl (C=O) groups is 1. The fourth-order valence-electron chi connectivity index (χ4n) is 4.98. The van der Waals surface area contributed by atoms with Crippen molar-refractivity contribution >= 4 is 5.91 Å². The molecule has 0 aliphatic heterocycles. The highest BCUT2D eigenvalue weighted by Crippen LogP contribution is 2.32. The minimum atomic E-state index is -0.499. The molecule has 4 aromatic rings. The molecule has 35 heavy (non-hydrogen) atoms. The third-order valence-electron chi connectivity index (χ3n) is 6.81. The number of aromatic amines is 1. The maximum Gasteiger partial charge on any atom is 0.277 e. The summed E-state index contributed by atoms with van der Waals surface area (Å²) in [4.78, 5) is 26.8. The Morgan fingerprint density at radius 1 is 0.914 bits per heavy atom. The van der Waals surface area contributed by atoms with E-state index in [4.69, 9.17) is 0 Å². The fourth-order valence-corrected chi connectivity index (χ4v) is 4.98. The summed E-state index contributed by atoms with van der Waals surface area (Å²) < 4.78 is 0. The number of aromatic nitrogens is 2. The average Bonchev–Trinajstić information content (AvgIpc) is 2.92. The molecule has 1 heterocycles. The van der Waals surface area contributed by atoms with Crippen LogP contribution in [0.3, 0.4) is 0 Å². The van der Waals surface area contributed by atoms with Crippen molar-refractivity contribution in [1.29, 1.82) is 0 Å². The molecule has 1 aliphatic carbocycles. The Bertz CT molecular complexity index is 1390. The van der Waals surface area contributed by atoms with Crippen LogP contribution in [0.2, 0.25) is 0 Å². The largest absolute Gasteiger partial charge is 0.345 e. The van der Waals surface area contributed by atoms with E-state index in [0.29, 0.717) is 11.3 Å². The van der Waals surface area contributed by atoms with Crippen molar-refractivity contribution in [2.24, 2.45) is 0 Å². The fraction of sp³-hybridized carbons (Fsp3) is 0.233. The SMILES string of the molecule is CCC(NC(=O)c1c(-c2ccccc2)c(-c2ccccc2)n[nH]c1=O)c1ccc2c(c1)CCCC2. The van der Waals surface area contributed by atoms with Gasteiger partial charge in [-0.3, -0.25) is 9.59 Å². The quantitative estimate of drug-likeness (QED) is 0.376. The number of nitrogens with one attached hydrogen (secondary N) is 2. The number of amides is 1. The van der Waals surface area contributed by atoms with E-state index in [1.807, 2.05) is 60.7 Å². The van der Waals surface area contributed by atoms with Crippen LogP contribution >= 0.6 is 0 Å². The van der Waals surface area contributed by atoms with Crippen LogP contribution in [0.1, 0.15) is 59.3 Å². The molecule has 1 unspecified atom stereocenters. The number of aryl methyl sites for hydroxylation is 2. The Morgan fingerprint density at radius 2 is 1.57 bits per heavy atom. The molecule has 0 saturated carbocycles. The van der Waals surface area contributed by atoms with Crippen LogP contribution in [0.25, 0.3) is 22.4 Å². The highest BCUT2D eigenvalue weighted by Gasteiger charge is 2.25. The van der Waals surface area contributed by atoms with Crippen LogP contribution in [-0.2, 0) is 12.8 Å². The standard InChI is InChI=1S/C30H29N3O2/c1-2-25(24-18-17-20-11-9-10-16-23(20)19-24)31-29(34)27-26(21-12-5-3-6-13-21)28(32-33-30(27)35)22-14-7-4-8-15-22/h3-8,12-15,17-19,25H,2,9-11,16H2,1H3,(H,31,34)(H,33,35). The number of hydrogen-bond acceptors (Lipinski definition) is 3. The van der Waals surface area contributed by atoms with Gasteiger partial charge in [-0.25, -0.2) is 5.10 Å². The van der Waals surface area contributed by atoms with Crippen molar-refractivity contribution in [1.82, 2.24) is 15.5 Å². The van der Waals surface area contributed by atoms with Crippen molar-refractivity contribution < 1.29 is 4.79 Å². The molecule has 0 saturated heterocycles. The summed E-state index contributed by atoms with van der Waals surface area (Å²) in [6, 6.07) is 25.5. The van der Waals surface area contributed by atoms with E-state index in [1.165, 1.54) is 24.0 Å². The molecule has 1 aromatic heterocycles. The molecule has 0 radical (unpaired) electrons. The number of nitrogens with zero attached hydrogens (tertiary/aromatic N) is 1. The van der Waals surface area contributed by atoms with Crippen LogP contribution in [0.5, 0.6) is 0 Å². The van der Waals surface area contributed by atoms with Gasteiger partial charge in [0.2, 0.25) is 0 Å². The predicted molar refractivity (Wildman–Crippen MR) is 139 cm³/mol. The first-order valence-electron chi connectivity index (χ1n) is 12.3. The molecule has 1 atom stereocenters. The zero-order chi connectivity index (χ0) is 24.2. The Balaban J connectivity index is 1.57. The van der Waals surface area contributed by atoms with E-state index in [2.05, 4.69) is 40.6 Å². The summed E-state index contributed by atoms with van der Waals surface area (Å²) in [5, 5.41) is 10.1. The summed E-state index contributed by atoms with van der Waals surface area (Å²) in [7, 11) is 0. The van der Waals surface area contributed by atoms with E-state index in [-0.39, 0.29) is 11.6 Å². The Kier molecular flexibility index (Phi) is 6.57. The minimum absolute atomic E-state index is 0.0847. The summed E-state index contributed by atoms with van der Waals surface area (Å²) in [5.74, 6) is -0.394. The topological polar surface area (TPSA) is 74.8 Å². The molecular formula is C30H29N3O2. The van der Waals surface area contributed by atoms with Gasteiger partial charge < -0.3 is 5.32 Å². The molecule has 0 fully saturated rings. The van der Waals surface area contributed by atoms with Gasteiger partial charge in [0.15, 0.2) is 0 Å². The molecule has 3 aromatic carbocycles. The highest BCUT2D eigenvalue weighted by atomic mass is 16.2. The number of hydrogen-bond donors (Lipinski definition) is 2. The normalized spacial score (nSPS) is 13.6. The predicted octanol–water partition coefficient (Wildman–Crippen LogP) is 5.86. The van der Waals surface area contributed by atoms with Crippen LogP contribution in [-0.4, -0.2) is 16.1 Å². The van der Waals surface area contributed by atoms with Crippen LogP contribution in [0, 0.1) is 0 Å². The molecule has 1 aliphatic rings. The molecule has 5 heteroatoms. The first-order chi connectivity index (χ1) is 17.2. The lowest BCUT2D eigenvalue weighted by molar-refractivity contribution is 0.0934. The summed E-state index contributed by atoms with van der Waals surface area (Å²) in [6.07, 6.45) is 5.36. The van der Waals surface area contributed by atoms with Gasteiger partial charge in [-0.2, -0.15) is 5.10 Å². The average molecular weight is 464 g/mol. The first-order valence-corrected chi connectivity index (χ1v) is 12.3. The Morgan fingerprint density at radius 3 is 2.26 bits per heavy atom. The van der Waals surface area contributed by atoms with E-state index < -0.39 is 11.5 Å². The van der Waals surface area contributed by atoms with Crippen molar-refractivity contribution in [2.75, 3.05) is 0 Å². The second kappa shape index (κ2) is 10.1. The van der Waals surface area contributed by atoms with Gasteiger partial charge in [0.25, 0.3) is 11.5 Å². The van der Waals surface area contributed by atoms with Gasteiger partial charge in [-0.05, 0) is 54.4 Å². The lowest BCUT2D eigenvalue weighted by Crippen LogP contribution is -2.34. The summed E-state index contributed by atoms with van der Waals surface area (Å²) in [5.41, 5.74) is 6.17. The Hall–Kier alpha value is -3.99. The molecule has 1 amide bonds. The van der Waals surface area contributed by atoms with Crippen LogP contribution in [0.15, 0.2) is 83.7 Å². The maximum absolute atomic E-state index is 13.7. The first kappa shape index (κ1) is 22.8. The van der Waals surface area contributed by atoms with Gasteiger partial charge in [-0.15, -0.1) is 0 Å². The molecule has 5 rings (SSSR count). The zero-order valence-corrected chi connectivity index (χ0v) is 19.9. The van der Waals surface area contributed by atoms with Gasteiger partial charge in [0, 0.05) is 11.1 Å². The van der Waals surface area contributed by atoms with Gasteiger partial charge in [0.05, 0.1) is 11.7 Å². The van der Waals surface area contributed by atoms with Crippen molar-refractivity contribution in [3.05, 3.63) is 111 Å². The molecule has 176 valence electrons. The zero-order valence-electron chi connectivity index (χ0n) is 19.9. The van der Waals surface area contributed by atoms with Gasteiger partial charge in [-0.1, -0.05) is 85.8 Å². The molecule has 5 nitrogen and oxygen atoms in total. The van der Waals surface area contributed by atoms with Crippen molar-refractivity contribution in [2.45, 2.75) is 45.1 Å². The molecule has 0 bridgehead atoms. The smallest absolute Gasteiger partial charge is 0.277 e. The molecule has 0 spiro atoms. The summed E-state index contributed by atoms with van der Waals surface area (Å²) >= 11 is 0.